The molecule has 0 spiro atoms. The summed E-state index contributed by atoms with van der Waals surface area (Å²) in [5.41, 5.74) is 5.25. The molecule has 1 heterocycles. The Hall–Kier alpha value is -3.33. The summed E-state index contributed by atoms with van der Waals surface area (Å²) in [5.74, 6) is 2.17. The number of aryl methyl sites for hydroxylation is 1. The molecule has 3 nitrogen and oxygen atoms in total. The maximum Gasteiger partial charge on any atom is 0.136 e. The summed E-state index contributed by atoms with van der Waals surface area (Å²) in [7, 11) is 0. The summed E-state index contributed by atoms with van der Waals surface area (Å²) >= 11 is 0. The molecule has 0 bridgehead atoms. The lowest BCUT2D eigenvalue weighted by atomic mass is 10.0. The van der Waals surface area contributed by atoms with Gasteiger partial charge >= 0.3 is 0 Å². The van der Waals surface area contributed by atoms with Crippen LogP contribution in [0.2, 0.25) is 0 Å². The number of rotatable bonds is 5. The van der Waals surface area contributed by atoms with Gasteiger partial charge in [-0.2, -0.15) is 0 Å². The van der Waals surface area contributed by atoms with Crippen LogP contribution in [0.15, 0.2) is 82.2 Å². The van der Waals surface area contributed by atoms with Crippen molar-refractivity contribution in [1.29, 1.82) is 0 Å². The molecular weight excluding hydrogens is 370 g/mol. The van der Waals surface area contributed by atoms with Gasteiger partial charge in [-0.25, -0.2) is 4.99 Å². The van der Waals surface area contributed by atoms with E-state index in [1.165, 1.54) is 11.1 Å². The summed E-state index contributed by atoms with van der Waals surface area (Å²) in [5, 5.41) is 1.90. The molecule has 1 aromatic heterocycles. The van der Waals surface area contributed by atoms with Crippen molar-refractivity contribution in [2.45, 2.75) is 33.6 Å². The Morgan fingerprint density at radius 1 is 0.900 bits per heavy atom. The van der Waals surface area contributed by atoms with Crippen LogP contribution < -0.4 is 10.1 Å². The predicted octanol–water partition coefficient (Wildman–Crippen LogP) is 7.16. The Morgan fingerprint density at radius 3 is 2.30 bits per heavy atom. The zero-order chi connectivity index (χ0) is 21.1. The zero-order valence-corrected chi connectivity index (χ0v) is 18.0. The first-order chi connectivity index (χ1) is 14.5. The van der Waals surface area contributed by atoms with Crippen LogP contribution in [0.1, 0.15) is 37.8 Å². The molecule has 0 aliphatic carbocycles. The fourth-order valence-electron chi connectivity index (χ4n) is 3.47. The van der Waals surface area contributed by atoms with Crippen molar-refractivity contribution in [3.8, 4) is 17.1 Å². The molecule has 0 saturated heterocycles. The van der Waals surface area contributed by atoms with E-state index in [-0.39, 0.29) is 0 Å². The predicted molar refractivity (Wildman–Crippen MR) is 123 cm³/mol. The Bertz CT molecular complexity index is 1220. The van der Waals surface area contributed by atoms with Crippen molar-refractivity contribution in [1.82, 2.24) is 0 Å². The third-order valence-corrected chi connectivity index (χ3v) is 5.16. The van der Waals surface area contributed by atoms with Crippen LogP contribution in [-0.4, -0.2) is 6.61 Å². The molecule has 0 aliphatic heterocycles. The summed E-state index contributed by atoms with van der Waals surface area (Å²) in [4.78, 5) is 4.93. The fourth-order valence-corrected chi connectivity index (χ4v) is 3.47. The van der Waals surface area contributed by atoms with Crippen molar-refractivity contribution < 1.29 is 9.15 Å². The highest BCUT2D eigenvalue weighted by Gasteiger charge is 2.08. The van der Waals surface area contributed by atoms with Gasteiger partial charge in [0.2, 0.25) is 0 Å². The van der Waals surface area contributed by atoms with Gasteiger partial charge in [-0.05, 0) is 61.7 Å². The quantitative estimate of drug-likeness (QED) is 0.358. The smallest absolute Gasteiger partial charge is 0.136 e. The Morgan fingerprint density at radius 2 is 1.63 bits per heavy atom. The molecule has 3 aromatic carbocycles. The number of benzene rings is 3. The average molecular weight is 398 g/mol. The van der Waals surface area contributed by atoms with E-state index in [4.69, 9.17) is 14.1 Å². The minimum absolute atomic E-state index is 0.501. The van der Waals surface area contributed by atoms with Crippen LogP contribution in [0.4, 0.5) is 5.69 Å². The van der Waals surface area contributed by atoms with Crippen molar-refractivity contribution in [3.63, 3.8) is 0 Å². The van der Waals surface area contributed by atoms with Crippen molar-refractivity contribution in [3.05, 3.63) is 89.3 Å². The molecule has 4 rings (SSSR count). The SMILES string of the molecule is CCOc1ccc(N=c2cc(-c3ccc(C(C)C)cc3)oc3ccc(C)cc23)cc1. The van der Waals surface area contributed by atoms with Crippen LogP contribution >= 0.6 is 0 Å². The van der Waals surface area contributed by atoms with Gasteiger partial charge in [-0.15, -0.1) is 0 Å². The number of hydrogen-bond donors (Lipinski definition) is 0. The van der Waals surface area contributed by atoms with Gasteiger partial charge in [-0.1, -0.05) is 49.7 Å². The van der Waals surface area contributed by atoms with Crippen LogP contribution in [0, 0.1) is 6.92 Å². The summed E-state index contributed by atoms with van der Waals surface area (Å²) < 4.78 is 11.8. The molecule has 0 saturated carbocycles. The molecule has 30 heavy (non-hydrogen) atoms. The second-order valence-electron chi connectivity index (χ2n) is 7.81. The minimum atomic E-state index is 0.501. The first-order valence-corrected chi connectivity index (χ1v) is 10.5. The summed E-state index contributed by atoms with van der Waals surface area (Å²) in [6, 6.07) is 24.7. The largest absolute Gasteiger partial charge is 0.494 e. The molecule has 0 N–H and O–H groups in total. The summed E-state index contributed by atoms with van der Waals surface area (Å²) in [6.45, 7) is 9.12. The summed E-state index contributed by atoms with van der Waals surface area (Å²) in [6.07, 6.45) is 0. The second-order valence-corrected chi connectivity index (χ2v) is 7.81. The highest BCUT2D eigenvalue weighted by Crippen LogP contribution is 2.26. The van der Waals surface area contributed by atoms with Gasteiger partial charge < -0.3 is 9.15 Å². The Labute approximate surface area is 177 Å². The molecule has 4 aromatic rings. The Balaban J connectivity index is 1.85. The van der Waals surface area contributed by atoms with E-state index in [0.29, 0.717) is 12.5 Å². The minimum Gasteiger partial charge on any atom is -0.494 e. The molecular formula is C27H27NO2. The van der Waals surface area contributed by atoms with E-state index >= 15 is 0 Å². The topological polar surface area (TPSA) is 34.7 Å². The average Bonchev–Trinajstić information content (AvgIpc) is 2.75. The second kappa shape index (κ2) is 8.58. The number of ether oxygens (including phenoxy) is 1. The van der Waals surface area contributed by atoms with Crippen molar-refractivity contribution >= 4 is 16.7 Å². The maximum absolute atomic E-state index is 6.25. The maximum atomic E-state index is 6.25. The first kappa shape index (κ1) is 20.0. The lowest BCUT2D eigenvalue weighted by Crippen LogP contribution is -2.03. The highest BCUT2D eigenvalue weighted by molar-refractivity contribution is 5.79. The Kier molecular flexibility index (Phi) is 5.71. The molecule has 152 valence electrons. The van der Waals surface area contributed by atoms with E-state index in [1.54, 1.807) is 0 Å². The van der Waals surface area contributed by atoms with Crippen LogP contribution in [-0.2, 0) is 0 Å². The van der Waals surface area contributed by atoms with Gasteiger partial charge in [0.05, 0.1) is 17.7 Å². The molecule has 3 heteroatoms. The van der Waals surface area contributed by atoms with Crippen LogP contribution in [0.3, 0.4) is 0 Å². The molecule has 0 fully saturated rings. The number of fused-ring (bicyclic) bond motifs is 1. The lowest BCUT2D eigenvalue weighted by Gasteiger charge is -2.09. The fraction of sp³-hybridized carbons (Fsp3) is 0.222. The van der Waals surface area contributed by atoms with Gasteiger partial charge in [0.15, 0.2) is 0 Å². The van der Waals surface area contributed by atoms with Crippen LogP contribution in [0.25, 0.3) is 22.3 Å². The normalized spacial score (nSPS) is 12.0. The number of nitrogens with zero attached hydrogens (tertiary/aromatic N) is 1. The molecule has 0 amide bonds. The standard InChI is InChI=1S/C27H27NO2/c1-5-29-23-13-11-22(12-14-23)28-25-17-27(21-9-7-20(8-10-21)18(2)3)30-26-15-6-19(4)16-24(25)26/h6-18H,5H2,1-4H3. The van der Waals surface area contributed by atoms with Crippen molar-refractivity contribution in [2.75, 3.05) is 6.61 Å². The van der Waals surface area contributed by atoms with Crippen LogP contribution in [0.5, 0.6) is 5.75 Å². The van der Waals surface area contributed by atoms with Crippen molar-refractivity contribution in [2.24, 2.45) is 4.99 Å². The third-order valence-electron chi connectivity index (χ3n) is 5.16. The first-order valence-electron chi connectivity index (χ1n) is 10.5. The van der Waals surface area contributed by atoms with E-state index in [0.717, 1.165) is 39.1 Å². The van der Waals surface area contributed by atoms with E-state index in [1.807, 2.05) is 43.3 Å². The van der Waals surface area contributed by atoms with E-state index < -0.39 is 0 Å². The van der Waals surface area contributed by atoms with Gasteiger partial charge in [-0.3, -0.25) is 0 Å². The van der Waals surface area contributed by atoms with E-state index in [9.17, 15) is 0 Å². The van der Waals surface area contributed by atoms with Gasteiger partial charge in [0, 0.05) is 17.0 Å². The highest BCUT2D eigenvalue weighted by atomic mass is 16.5. The number of hydrogen-bond acceptors (Lipinski definition) is 3. The molecule has 0 radical (unpaired) electrons. The van der Waals surface area contributed by atoms with Gasteiger partial charge in [0.25, 0.3) is 0 Å². The third kappa shape index (κ3) is 4.30. The molecule has 0 atom stereocenters. The van der Waals surface area contributed by atoms with E-state index in [2.05, 4.69) is 57.2 Å². The monoisotopic (exact) mass is 397 g/mol. The van der Waals surface area contributed by atoms with Gasteiger partial charge in [0.1, 0.15) is 17.1 Å². The zero-order valence-electron chi connectivity index (χ0n) is 18.0. The molecule has 0 aliphatic rings. The molecule has 0 unspecified atom stereocenters. The lowest BCUT2D eigenvalue weighted by molar-refractivity contribution is 0.340.